The number of hydrogen-bond acceptors (Lipinski definition) is 7. The van der Waals surface area contributed by atoms with E-state index in [0.717, 1.165) is 0 Å². The number of nitrogens with one attached hydrogen (secondary N) is 4. The number of hydrogen-bond donors (Lipinski definition) is 6. The van der Waals surface area contributed by atoms with Crippen LogP contribution in [-0.2, 0) is 9.53 Å². The van der Waals surface area contributed by atoms with Gasteiger partial charge in [-0.2, -0.15) is 0 Å². The highest BCUT2D eigenvalue weighted by molar-refractivity contribution is 5.95. The van der Waals surface area contributed by atoms with Crippen molar-refractivity contribution in [2.24, 2.45) is 17.4 Å². The van der Waals surface area contributed by atoms with Crippen LogP contribution in [0.15, 0.2) is 66.7 Å². The van der Waals surface area contributed by atoms with E-state index in [2.05, 4.69) is 10.6 Å². The third-order valence-corrected chi connectivity index (χ3v) is 6.77. The first kappa shape index (κ1) is 30.9. The van der Waals surface area contributed by atoms with Crippen molar-refractivity contribution in [2.75, 3.05) is 5.32 Å². The summed E-state index contributed by atoms with van der Waals surface area (Å²) >= 11 is 0. The predicted octanol–water partition coefficient (Wildman–Crippen LogP) is 5.86. The number of ether oxygens (including phenoxy) is 3. The first-order valence-electron chi connectivity index (χ1n) is 14.0. The summed E-state index contributed by atoms with van der Waals surface area (Å²) in [5, 5.41) is 21.1. The van der Waals surface area contributed by atoms with Gasteiger partial charge in [-0.1, -0.05) is 0 Å². The number of rotatable bonds is 9. The molecule has 1 aliphatic rings. The zero-order chi connectivity index (χ0) is 31.1. The van der Waals surface area contributed by atoms with Crippen molar-refractivity contribution in [1.29, 1.82) is 10.8 Å². The van der Waals surface area contributed by atoms with Crippen LogP contribution in [0.1, 0.15) is 57.6 Å². The van der Waals surface area contributed by atoms with E-state index in [0.29, 0.717) is 65.5 Å². The van der Waals surface area contributed by atoms with Crippen LogP contribution in [0.25, 0.3) is 0 Å². The lowest BCUT2D eigenvalue weighted by molar-refractivity contribution is -0.120. The maximum atomic E-state index is 13.3. The van der Waals surface area contributed by atoms with Gasteiger partial charge in [-0.25, -0.2) is 4.79 Å². The van der Waals surface area contributed by atoms with Crippen molar-refractivity contribution in [3.8, 4) is 23.0 Å². The summed E-state index contributed by atoms with van der Waals surface area (Å²) in [5.74, 6) is 1.44. The second kappa shape index (κ2) is 13.3. The van der Waals surface area contributed by atoms with E-state index in [1.165, 1.54) is 0 Å². The highest BCUT2D eigenvalue weighted by atomic mass is 16.6. The molecule has 0 atom stereocenters. The lowest BCUT2D eigenvalue weighted by Gasteiger charge is -2.29. The zero-order valence-corrected chi connectivity index (χ0v) is 24.5. The smallest absolute Gasteiger partial charge is 0.407 e. The minimum absolute atomic E-state index is 0.0422. The summed E-state index contributed by atoms with van der Waals surface area (Å²) in [6, 6.07) is 18.6. The monoisotopic (exact) mass is 586 g/mol. The maximum Gasteiger partial charge on any atom is 0.407 e. The van der Waals surface area contributed by atoms with E-state index in [1.54, 1.807) is 66.7 Å². The quantitative estimate of drug-likeness (QED) is 0.134. The summed E-state index contributed by atoms with van der Waals surface area (Å²) in [7, 11) is 0. The molecule has 0 aromatic heterocycles. The van der Waals surface area contributed by atoms with Gasteiger partial charge in [0.15, 0.2) is 0 Å². The van der Waals surface area contributed by atoms with Gasteiger partial charge in [-0.15, -0.1) is 0 Å². The van der Waals surface area contributed by atoms with Crippen molar-refractivity contribution < 1.29 is 23.8 Å². The molecule has 8 N–H and O–H groups in total. The Balaban J connectivity index is 1.46. The van der Waals surface area contributed by atoms with Crippen LogP contribution >= 0.6 is 0 Å². The second-order valence-electron chi connectivity index (χ2n) is 11.5. The summed E-state index contributed by atoms with van der Waals surface area (Å²) in [5.41, 5.74) is 12.2. The van der Waals surface area contributed by atoms with Crippen LogP contribution in [0.2, 0.25) is 0 Å². The number of benzene rings is 3. The molecule has 0 bridgehead atoms. The average Bonchev–Trinajstić information content (AvgIpc) is 2.93. The lowest BCUT2D eigenvalue weighted by Crippen LogP contribution is -2.42. The Morgan fingerprint density at radius 3 is 1.63 bits per heavy atom. The molecule has 11 nitrogen and oxygen atoms in total. The molecule has 0 heterocycles. The largest absolute Gasteiger partial charge is 0.457 e. The van der Waals surface area contributed by atoms with Gasteiger partial charge in [-0.05, 0) is 95.0 Å². The predicted molar refractivity (Wildman–Crippen MR) is 165 cm³/mol. The number of anilines is 1. The molecule has 1 saturated carbocycles. The van der Waals surface area contributed by atoms with Gasteiger partial charge in [0, 0.05) is 47.0 Å². The summed E-state index contributed by atoms with van der Waals surface area (Å²) in [4.78, 5) is 25.4. The molecular formula is C32H38N6O5. The van der Waals surface area contributed by atoms with Gasteiger partial charge in [0.1, 0.15) is 40.3 Å². The van der Waals surface area contributed by atoms with E-state index in [4.69, 9.17) is 36.5 Å². The average molecular weight is 587 g/mol. The van der Waals surface area contributed by atoms with Crippen molar-refractivity contribution in [2.45, 2.75) is 58.1 Å². The molecule has 226 valence electrons. The minimum atomic E-state index is -0.571. The molecule has 11 heteroatoms. The van der Waals surface area contributed by atoms with Crippen molar-refractivity contribution in [3.05, 3.63) is 77.9 Å². The third kappa shape index (κ3) is 9.22. The fraction of sp³-hybridized carbons (Fsp3) is 0.312. The van der Waals surface area contributed by atoms with Gasteiger partial charge in [0.05, 0.1) is 0 Å². The number of nitrogen functional groups attached to an aromatic ring is 2. The van der Waals surface area contributed by atoms with E-state index in [9.17, 15) is 9.59 Å². The van der Waals surface area contributed by atoms with Crippen LogP contribution in [0.3, 0.4) is 0 Å². The van der Waals surface area contributed by atoms with Crippen molar-refractivity contribution >= 4 is 29.4 Å². The molecule has 43 heavy (non-hydrogen) atoms. The highest BCUT2D eigenvalue weighted by Crippen LogP contribution is 2.34. The number of amidine groups is 2. The van der Waals surface area contributed by atoms with E-state index >= 15 is 0 Å². The molecule has 0 saturated heterocycles. The molecule has 3 aromatic rings. The Bertz CT molecular complexity index is 1400. The first-order valence-corrected chi connectivity index (χ1v) is 14.0. The van der Waals surface area contributed by atoms with Gasteiger partial charge >= 0.3 is 6.09 Å². The van der Waals surface area contributed by atoms with Crippen LogP contribution in [0, 0.1) is 16.7 Å². The Hall–Kier alpha value is -5.06. The second-order valence-corrected chi connectivity index (χ2v) is 11.5. The molecule has 4 rings (SSSR count). The van der Waals surface area contributed by atoms with Crippen molar-refractivity contribution in [1.82, 2.24) is 5.32 Å². The molecule has 0 radical (unpaired) electrons. The number of carbonyl (C=O) groups is 2. The number of nitrogens with two attached hydrogens (primary N) is 2. The fourth-order valence-corrected chi connectivity index (χ4v) is 4.66. The standard InChI is InChI=1S/C32H38N6O5/c1-32(2,3)43-31(40)38-22-10-4-21(5-11-22)30(39)37-23-16-26(41-24-12-6-19(7-13-24)28(33)34)18-27(17-23)42-25-14-8-20(9-15-25)29(35)36/h6-9,12-18,21-22H,4-5,10-11H2,1-3H3,(H3,33,34)(H3,35,36)(H,37,39)(H,38,40)/t21-,22-. The fourth-order valence-electron chi connectivity index (χ4n) is 4.66. The van der Waals surface area contributed by atoms with Crippen LogP contribution in [0.5, 0.6) is 23.0 Å². The zero-order valence-electron chi connectivity index (χ0n) is 24.5. The SMILES string of the molecule is CC(C)(C)OC(=O)N[C@H]1CC[C@H](C(=O)Nc2cc(Oc3ccc(C(=N)N)cc3)cc(Oc3ccc(C(=N)N)cc3)c2)CC1. The van der Waals surface area contributed by atoms with E-state index in [1.807, 2.05) is 20.8 Å². The van der Waals surface area contributed by atoms with Gasteiger partial charge in [0.2, 0.25) is 5.91 Å². The first-order chi connectivity index (χ1) is 20.3. The Kier molecular flexibility index (Phi) is 9.54. The molecule has 3 aromatic carbocycles. The molecule has 1 aliphatic carbocycles. The Morgan fingerprint density at radius 2 is 1.21 bits per heavy atom. The molecule has 1 fully saturated rings. The summed E-state index contributed by atoms with van der Waals surface area (Å²) in [6.07, 6.45) is 2.13. The Labute approximate surface area is 250 Å². The molecule has 0 unspecified atom stereocenters. The lowest BCUT2D eigenvalue weighted by atomic mass is 9.85. The van der Waals surface area contributed by atoms with E-state index < -0.39 is 11.7 Å². The van der Waals surface area contributed by atoms with Crippen LogP contribution < -0.4 is 31.6 Å². The number of alkyl carbamates (subject to hydrolysis) is 1. The summed E-state index contributed by atoms with van der Waals surface area (Å²) < 4.78 is 17.5. The molecule has 0 spiro atoms. The number of amides is 2. The summed E-state index contributed by atoms with van der Waals surface area (Å²) in [6.45, 7) is 5.45. The highest BCUT2D eigenvalue weighted by Gasteiger charge is 2.28. The van der Waals surface area contributed by atoms with Crippen molar-refractivity contribution in [3.63, 3.8) is 0 Å². The van der Waals surface area contributed by atoms with Crippen LogP contribution in [0.4, 0.5) is 10.5 Å². The molecular weight excluding hydrogens is 548 g/mol. The maximum absolute atomic E-state index is 13.3. The van der Waals surface area contributed by atoms with Gasteiger partial charge < -0.3 is 36.3 Å². The number of carbonyl (C=O) groups excluding carboxylic acids is 2. The third-order valence-electron chi connectivity index (χ3n) is 6.77. The Morgan fingerprint density at radius 1 is 0.744 bits per heavy atom. The topological polar surface area (TPSA) is 186 Å². The minimum Gasteiger partial charge on any atom is -0.457 e. The van der Waals surface area contributed by atoms with Gasteiger partial charge in [0.25, 0.3) is 0 Å². The normalized spacial score (nSPS) is 16.4. The molecule has 2 amide bonds. The molecule has 0 aliphatic heterocycles. The van der Waals surface area contributed by atoms with E-state index in [-0.39, 0.29) is 29.5 Å². The van der Waals surface area contributed by atoms with Gasteiger partial charge in [-0.3, -0.25) is 15.6 Å². The van der Waals surface area contributed by atoms with Crippen LogP contribution in [-0.4, -0.2) is 35.3 Å².